The third-order valence-electron chi connectivity index (χ3n) is 5.75. The maximum absolute atomic E-state index is 2.57. The number of benzene rings is 2. The van der Waals surface area contributed by atoms with E-state index in [9.17, 15) is 0 Å². The summed E-state index contributed by atoms with van der Waals surface area (Å²) < 4.78 is 1.26. The van der Waals surface area contributed by atoms with Gasteiger partial charge in [-0.15, -0.1) is 0 Å². The zero-order valence-corrected chi connectivity index (χ0v) is 16.5. The third kappa shape index (κ3) is 1.61. The Morgan fingerprint density at radius 1 is 0.955 bits per heavy atom. The van der Waals surface area contributed by atoms with Gasteiger partial charge in [0.25, 0.3) is 0 Å². The summed E-state index contributed by atoms with van der Waals surface area (Å²) in [6.45, 7) is 5.14. The molecule has 1 saturated heterocycles. The van der Waals surface area contributed by atoms with Crippen LogP contribution in [-0.4, -0.2) is 8.80 Å². The molecular weight excluding hydrogens is 360 g/mol. The van der Waals surface area contributed by atoms with Crippen molar-refractivity contribution in [3.05, 3.63) is 81.2 Å². The summed E-state index contributed by atoms with van der Waals surface area (Å²) in [6, 6.07) is 18.3. The molecule has 3 aliphatic rings. The molecule has 106 valence electrons. The van der Waals surface area contributed by atoms with Crippen LogP contribution in [0, 0.1) is 0 Å². The van der Waals surface area contributed by atoms with Crippen LogP contribution in [0.15, 0.2) is 58.9 Å². The van der Waals surface area contributed by atoms with Gasteiger partial charge in [-0.05, 0) is 0 Å². The minimum absolute atomic E-state index is 0.436. The van der Waals surface area contributed by atoms with E-state index in [4.69, 9.17) is 0 Å². The Morgan fingerprint density at radius 3 is 2.55 bits per heavy atom. The van der Waals surface area contributed by atoms with E-state index >= 15 is 0 Å². The van der Waals surface area contributed by atoms with Gasteiger partial charge in [0.2, 0.25) is 0 Å². The number of allylic oxidation sites excluding steroid dienone is 2. The molecule has 1 aliphatic heterocycles. The molecule has 2 heteroatoms. The first-order chi connectivity index (χ1) is 10.7. The van der Waals surface area contributed by atoms with E-state index in [-0.39, 0.29) is 0 Å². The van der Waals surface area contributed by atoms with Crippen molar-refractivity contribution in [3.8, 4) is 0 Å². The van der Waals surface area contributed by atoms with Crippen LogP contribution in [0.1, 0.15) is 32.8 Å². The van der Waals surface area contributed by atoms with Crippen molar-refractivity contribution < 1.29 is 23.2 Å². The number of hydrogen-bond acceptors (Lipinski definition) is 0. The van der Waals surface area contributed by atoms with Crippen molar-refractivity contribution in [1.82, 2.24) is 0 Å². The molecule has 0 amide bonds. The zero-order valence-electron chi connectivity index (χ0n) is 12.9. The number of hydrogen-bond donors (Lipinski definition) is 0. The fraction of sp³-hybridized carbons (Fsp3) is 0.200. The molecule has 3 atom stereocenters. The monoisotopic (exact) mass is 376 g/mol. The van der Waals surface area contributed by atoms with Crippen LogP contribution in [0.2, 0.25) is 6.55 Å². The summed E-state index contributed by atoms with van der Waals surface area (Å²) in [5.74, 6) is 0. The van der Waals surface area contributed by atoms with Crippen LogP contribution >= 0.6 is 0 Å². The first-order valence-electron chi connectivity index (χ1n) is 8.08. The van der Waals surface area contributed by atoms with Gasteiger partial charge in [-0.1, -0.05) is 0 Å². The summed E-state index contributed by atoms with van der Waals surface area (Å²) in [5, 5.41) is 3.67. The van der Waals surface area contributed by atoms with Gasteiger partial charge in [0.15, 0.2) is 0 Å². The molecule has 0 N–H and O–H groups in total. The van der Waals surface area contributed by atoms with Gasteiger partial charge in [-0.2, -0.15) is 0 Å². The normalized spacial score (nSPS) is 30.5. The Labute approximate surface area is 145 Å². The molecule has 1 fully saturated rings. The molecule has 0 bridgehead atoms. The van der Waals surface area contributed by atoms with Gasteiger partial charge in [-0.25, -0.2) is 0 Å². The predicted molar refractivity (Wildman–Crippen MR) is 91.9 cm³/mol. The molecule has 0 spiro atoms. The standard InChI is InChI=1S/C20H18Si.Zr/c1-14-19-10-6-5-9-17(19)13-20(14)21(2)18-11-15-7-3-4-8-16(15)12-18;/h3-13,21H,1-2H3;. The van der Waals surface area contributed by atoms with Gasteiger partial charge in [0.05, 0.1) is 0 Å². The van der Waals surface area contributed by atoms with Gasteiger partial charge in [-0.3, -0.25) is 0 Å². The molecule has 1 heterocycles. The molecule has 2 aromatic carbocycles. The summed E-state index contributed by atoms with van der Waals surface area (Å²) >= 11 is -0.623. The maximum atomic E-state index is 2.57. The average Bonchev–Trinajstić information content (AvgIpc) is 3.04. The molecule has 2 aliphatic carbocycles. The van der Waals surface area contributed by atoms with E-state index in [0.29, 0.717) is 3.12 Å². The van der Waals surface area contributed by atoms with Crippen molar-refractivity contribution in [2.24, 2.45) is 0 Å². The summed E-state index contributed by atoms with van der Waals surface area (Å²) in [5.41, 5.74) is 6.31. The Morgan fingerprint density at radius 2 is 1.68 bits per heavy atom. The molecule has 5 rings (SSSR count). The van der Waals surface area contributed by atoms with Crippen LogP contribution in [-0.2, 0) is 26.4 Å². The topological polar surface area (TPSA) is 0 Å². The second kappa shape index (κ2) is 4.52. The Balaban J connectivity index is 1.71. The number of fused-ring (bicyclic) bond motifs is 6. The average molecular weight is 378 g/mol. The summed E-state index contributed by atoms with van der Waals surface area (Å²) in [4.78, 5) is 0. The second-order valence-electron chi connectivity index (χ2n) is 6.88. The number of rotatable bonds is 0. The molecule has 3 unspecified atom stereocenters. The predicted octanol–water partition coefficient (Wildman–Crippen LogP) is 4.47. The summed E-state index contributed by atoms with van der Waals surface area (Å²) in [7, 11) is -0.991. The van der Waals surface area contributed by atoms with Crippen molar-refractivity contribution >= 4 is 20.9 Å². The van der Waals surface area contributed by atoms with Crippen LogP contribution < -0.4 is 0 Å². The minimum atomic E-state index is -0.991. The van der Waals surface area contributed by atoms with Gasteiger partial charge in [0, 0.05) is 0 Å². The van der Waals surface area contributed by atoms with Gasteiger partial charge >= 0.3 is 146 Å². The molecule has 2 aromatic rings. The fourth-order valence-electron chi connectivity index (χ4n) is 4.62. The Kier molecular flexibility index (Phi) is 2.77. The quantitative estimate of drug-likeness (QED) is 0.594. The molecular formula is C20H18SiZr. The van der Waals surface area contributed by atoms with Crippen molar-refractivity contribution in [2.75, 3.05) is 0 Å². The van der Waals surface area contributed by atoms with Crippen LogP contribution in [0.25, 0.3) is 12.2 Å². The summed E-state index contributed by atoms with van der Waals surface area (Å²) in [6.07, 6.45) is 5.12. The van der Waals surface area contributed by atoms with Crippen LogP contribution in [0.5, 0.6) is 0 Å². The van der Waals surface area contributed by atoms with Gasteiger partial charge in [0.1, 0.15) is 0 Å². The van der Waals surface area contributed by atoms with E-state index in [1.807, 2.05) is 10.4 Å². The van der Waals surface area contributed by atoms with E-state index < -0.39 is 32.0 Å². The molecule has 0 nitrogen and oxygen atoms in total. The Hall–Kier alpha value is -0.980. The third-order valence-corrected chi connectivity index (χ3v) is 15.5. The van der Waals surface area contributed by atoms with Crippen molar-refractivity contribution in [3.63, 3.8) is 0 Å². The molecule has 0 saturated carbocycles. The van der Waals surface area contributed by atoms with E-state index in [1.54, 1.807) is 11.1 Å². The van der Waals surface area contributed by atoms with Crippen molar-refractivity contribution in [1.29, 1.82) is 0 Å². The molecule has 22 heavy (non-hydrogen) atoms. The van der Waals surface area contributed by atoms with E-state index in [1.165, 1.54) is 11.1 Å². The fourth-order valence-corrected chi connectivity index (χ4v) is 16.6. The molecule has 0 radical (unpaired) electrons. The SMILES string of the molecule is C[SiH]1C2=Cc3ccccc3[CH]2[Zr][C]2(C)C1=Cc1ccccc12. The van der Waals surface area contributed by atoms with Crippen molar-refractivity contribution in [2.45, 2.75) is 20.2 Å². The van der Waals surface area contributed by atoms with Gasteiger partial charge < -0.3 is 0 Å². The van der Waals surface area contributed by atoms with E-state index in [0.717, 1.165) is 3.63 Å². The van der Waals surface area contributed by atoms with E-state index in [2.05, 4.69) is 74.2 Å². The Bertz CT molecular complexity index is 864. The van der Waals surface area contributed by atoms with Crippen LogP contribution in [0.3, 0.4) is 0 Å². The molecule has 0 aromatic heterocycles. The first kappa shape index (κ1) is 13.5. The first-order valence-corrected chi connectivity index (χ1v) is 13.0. The zero-order chi connectivity index (χ0) is 14.9. The van der Waals surface area contributed by atoms with Crippen LogP contribution in [0.4, 0.5) is 0 Å². The second-order valence-corrected chi connectivity index (χ2v) is 14.2.